The van der Waals surface area contributed by atoms with E-state index in [9.17, 15) is 9.59 Å². The van der Waals surface area contributed by atoms with Crippen LogP contribution in [-0.2, 0) is 9.59 Å². The van der Waals surface area contributed by atoms with Crippen LogP contribution in [0.3, 0.4) is 0 Å². The van der Waals surface area contributed by atoms with E-state index in [1.807, 2.05) is 44.2 Å². The first-order chi connectivity index (χ1) is 11.2. The maximum Gasteiger partial charge on any atom is 0.236 e. The Kier molecular flexibility index (Phi) is 3.59. The van der Waals surface area contributed by atoms with Crippen molar-refractivity contribution in [2.75, 3.05) is 19.5 Å². The maximum atomic E-state index is 13.3. The number of nitrogens with one attached hydrogen (secondary N) is 1. The van der Waals surface area contributed by atoms with Crippen molar-refractivity contribution in [3.8, 4) is 0 Å². The van der Waals surface area contributed by atoms with E-state index in [2.05, 4.69) is 17.5 Å². The molecule has 1 aromatic rings. The molecule has 1 aromatic carbocycles. The number of hydrogen-bond donors (Lipinski definition) is 1. The van der Waals surface area contributed by atoms with Gasteiger partial charge in [0.1, 0.15) is 11.1 Å². The molecule has 2 bridgehead atoms. The highest BCUT2D eigenvalue weighted by atomic mass is 16.2. The molecule has 2 atom stereocenters. The lowest BCUT2D eigenvalue weighted by molar-refractivity contribution is -0.150. The molecule has 24 heavy (non-hydrogen) atoms. The van der Waals surface area contributed by atoms with Crippen LogP contribution in [0.25, 0.3) is 0 Å². The SMILES string of the molecule is CN(C)C(=O)C12CCC(C)(C(=NNc3ccccc3)C1=O)C2(C)C. The molecule has 0 saturated heterocycles. The van der Waals surface area contributed by atoms with Crippen LogP contribution in [0.2, 0.25) is 0 Å². The molecule has 1 N–H and O–H groups in total. The molecule has 3 rings (SSSR count). The summed E-state index contributed by atoms with van der Waals surface area (Å²) in [4.78, 5) is 27.7. The first kappa shape index (κ1) is 16.7. The van der Waals surface area contributed by atoms with Crippen molar-refractivity contribution in [3.05, 3.63) is 30.3 Å². The van der Waals surface area contributed by atoms with Crippen molar-refractivity contribution in [2.24, 2.45) is 21.3 Å². The van der Waals surface area contributed by atoms with E-state index < -0.39 is 16.2 Å². The molecule has 128 valence electrons. The average Bonchev–Trinajstić information content (AvgIpc) is 2.82. The molecule has 2 saturated carbocycles. The van der Waals surface area contributed by atoms with Crippen LogP contribution in [0.4, 0.5) is 5.69 Å². The molecule has 0 aliphatic heterocycles. The summed E-state index contributed by atoms with van der Waals surface area (Å²) in [6.45, 7) is 6.13. The second-order valence-corrected chi connectivity index (χ2v) is 7.83. The van der Waals surface area contributed by atoms with Gasteiger partial charge in [-0.3, -0.25) is 15.0 Å². The minimum absolute atomic E-state index is 0.105. The predicted molar refractivity (Wildman–Crippen MR) is 94.8 cm³/mol. The summed E-state index contributed by atoms with van der Waals surface area (Å²) >= 11 is 0. The molecule has 1 amide bonds. The second-order valence-electron chi connectivity index (χ2n) is 7.83. The van der Waals surface area contributed by atoms with E-state index >= 15 is 0 Å². The van der Waals surface area contributed by atoms with Gasteiger partial charge in [0.15, 0.2) is 5.78 Å². The monoisotopic (exact) mass is 327 g/mol. The fourth-order valence-electron chi connectivity index (χ4n) is 4.46. The standard InChI is InChI=1S/C19H25N3O2/c1-17(2)18(3)11-12-19(17,16(24)22(4)5)15(23)14(18)21-20-13-9-7-6-8-10-13/h6-10,20H,11-12H2,1-5H3. The zero-order valence-electron chi connectivity index (χ0n) is 15.0. The molecule has 2 unspecified atom stereocenters. The van der Waals surface area contributed by atoms with Crippen molar-refractivity contribution < 1.29 is 9.59 Å². The van der Waals surface area contributed by atoms with Gasteiger partial charge in [0.2, 0.25) is 5.91 Å². The van der Waals surface area contributed by atoms with Gasteiger partial charge in [-0.2, -0.15) is 5.10 Å². The number of carbonyl (C=O) groups is 2. The van der Waals surface area contributed by atoms with Crippen molar-refractivity contribution in [2.45, 2.75) is 33.6 Å². The highest BCUT2D eigenvalue weighted by molar-refractivity contribution is 6.50. The van der Waals surface area contributed by atoms with E-state index in [-0.39, 0.29) is 11.7 Å². The van der Waals surface area contributed by atoms with Crippen LogP contribution in [0.5, 0.6) is 0 Å². The van der Waals surface area contributed by atoms with Gasteiger partial charge in [0.25, 0.3) is 0 Å². The number of Topliss-reactive ketones (excluding diaryl/α,β-unsaturated/α-hetero) is 1. The number of ketones is 1. The topological polar surface area (TPSA) is 61.8 Å². The number of para-hydroxylation sites is 1. The zero-order valence-corrected chi connectivity index (χ0v) is 15.0. The number of carbonyl (C=O) groups excluding carboxylic acids is 2. The molecular weight excluding hydrogens is 302 g/mol. The van der Waals surface area contributed by atoms with Crippen LogP contribution >= 0.6 is 0 Å². The lowest BCUT2D eigenvalue weighted by Gasteiger charge is -2.38. The Morgan fingerprint density at radius 1 is 1.12 bits per heavy atom. The summed E-state index contributed by atoms with van der Waals surface area (Å²) in [5.74, 6) is -0.227. The van der Waals surface area contributed by atoms with Crippen LogP contribution in [0.15, 0.2) is 35.4 Å². The summed E-state index contributed by atoms with van der Waals surface area (Å²) in [7, 11) is 3.43. The lowest BCUT2D eigenvalue weighted by Crippen LogP contribution is -2.50. The number of hydrazone groups is 1. The van der Waals surface area contributed by atoms with Crippen LogP contribution < -0.4 is 5.43 Å². The first-order valence-corrected chi connectivity index (χ1v) is 8.34. The van der Waals surface area contributed by atoms with E-state index in [0.29, 0.717) is 12.1 Å². The molecule has 2 fully saturated rings. The van der Waals surface area contributed by atoms with Crippen LogP contribution in [0, 0.1) is 16.2 Å². The molecule has 0 heterocycles. The number of hydrogen-bond acceptors (Lipinski definition) is 4. The molecule has 2 aliphatic rings. The summed E-state index contributed by atoms with van der Waals surface area (Å²) < 4.78 is 0. The van der Waals surface area contributed by atoms with Gasteiger partial charge in [-0.05, 0) is 30.4 Å². The summed E-state index contributed by atoms with van der Waals surface area (Å²) in [5, 5.41) is 4.46. The Morgan fingerprint density at radius 2 is 1.75 bits per heavy atom. The van der Waals surface area contributed by atoms with E-state index in [0.717, 1.165) is 12.1 Å². The minimum atomic E-state index is -0.998. The van der Waals surface area contributed by atoms with Crippen molar-refractivity contribution in [1.29, 1.82) is 0 Å². The zero-order chi connectivity index (χ0) is 17.8. The van der Waals surface area contributed by atoms with Crippen molar-refractivity contribution in [3.63, 3.8) is 0 Å². The Morgan fingerprint density at radius 3 is 2.33 bits per heavy atom. The molecule has 0 radical (unpaired) electrons. The van der Waals surface area contributed by atoms with Crippen LogP contribution in [-0.4, -0.2) is 36.4 Å². The first-order valence-electron chi connectivity index (χ1n) is 8.34. The quantitative estimate of drug-likeness (QED) is 0.686. The van der Waals surface area contributed by atoms with Crippen molar-refractivity contribution in [1.82, 2.24) is 4.90 Å². The number of benzene rings is 1. The smallest absolute Gasteiger partial charge is 0.236 e. The molecule has 5 heteroatoms. The van der Waals surface area contributed by atoms with Crippen LogP contribution in [0.1, 0.15) is 33.6 Å². The third-order valence-corrected chi connectivity index (χ3v) is 6.41. The number of rotatable bonds is 3. The largest absolute Gasteiger partial charge is 0.348 e. The Balaban J connectivity index is 2.05. The fourth-order valence-corrected chi connectivity index (χ4v) is 4.46. The van der Waals surface area contributed by atoms with Gasteiger partial charge in [0.05, 0.1) is 5.69 Å². The number of amides is 1. The van der Waals surface area contributed by atoms with Gasteiger partial charge in [-0.25, -0.2) is 0 Å². The molecule has 2 aliphatic carbocycles. The summed E-state index contributed by atoms with van der Waals surface area (Å²) in [5.41, 5.74) is 2.45. The van der Waals surface area contributed by atoms with E-state index in [1.165, 1.54) is 0 Å². The number of nitrogens with zero attached hydrogens (tertiary/aromatic N) is 2. The average molecular weight is 327 g/mol. The van der Waals surface area contributed by atoms with Gasteiger partial charge in [-0.15, -0.1) is 0 Å². The number of fused-ring (bicyclic) bond motifs is 2. The minimum Gasteiger partial charge on any atom is -0.348 e. The van der Waals surface area contributed by atoms with Crippen molar-refractivity contribution >= 4 is 23.1 Å². The highest BCUT2D eigenvalue weighted by Crippen LogP contribution is 2.69. The molecular formula is C19H25N3O2. The van der Waals surface area contributed by atoms with E-state index in [4.69, 9.17) is 0 Å². The van der Waals surface area contributed by atoms with Gasteiger partial charge < -0.3 is 4.90 Å². The summed E-state index contributed by atoms with van der Waals surface area (Å²) in [6.07, 6.45) is 1.39. The van der Waals surface area contributed by atoms with Gasteiger partial charge >= 0.3 is 0 Å². The summed E-state index contributed by atoms with van der Waals surface area (Å²) in [6, 6.07) is 9.55. The Hall–Kier alpha value is -2.17. The number of anilines is 1. The third-order valence-electron chi connectivity index (χ3n) is 6.41. The predicted octanol–water partition coefficient (Wildman–Crippen LogP) is 2.94. The Bertz CT molecular complexity index is 723. The van der Waals surface area contributed by atoms with Gasteiger partial charge in [-0.1, -0.05) is 39.0 Å². The fraction of sp³-hybridized carbons (Fsp3) is 0.526. The maximum absolute atomic E-state index is 13.3. The Labute approximate surface area is 143 Å². The van der Waals surface area contributed by atoms with Gasteiger partial charge in [0, 0.05) is 19.5 Å². The molecule has 0 spiro atoms. The normalized spacial score (nSPS) is 32.2. The third kappa shape index (κ3) is 1.84. The highest BCUT2D eigenvalue weighted by Gasteiger charge is 2.76. The van der Waals surface area contributed by atoms with E-state index in [1.54, 1.807) is 19.0 Å². The second kappa shape index (κ2) is 5.16. The molecule has 0 aromatic heterocycles. The molecule has 5 nitrogen and oxygen atoms in total. The lowest BCUT2D eigenvalue weighted by atomic mass is 9.64.